The fourth-order valence-electron chi connectivity index (χ4n) is 3.18. The van der Waals surface area contributed by atoms with Crippen LogP contribution in [-0.4, -0.2) is 23.6 Å². The van der Waals surface area contributed by atoms with Crippen LogP contribution in [0.4, 0.5) is 5.69 Å². The Bertz CT molecular complexity index is 1010. The topological polar surface area (TPSA) is 73.2 Å². The number of aryl methyl sites for hydroxylation is 1. The minimum atomic E-state index is -0.511. The van der Waals surface area contributed by atoms with Gasteiger partial charge in [-0.1, -0.05) is 67.2 Å². The summed E-state index contributed by atoms with van der Waals surface area (Å²) in [5, 5.41) is 12.3. The molecule has 6 heteroatoms. The van der Waals surface area contributed by atoms with Crippen molar-refractivity contribution in [2.75, 3.05) is 11.4 Å². The molecule has 1 unspecified atom stereocenters. The number of rotatable bonds is 7. The van der Waals surface area contributed by atoms with Crippen LogP contribution in [0.2, 0.25) is 0 Å². The number of anilines is 1. The molecule has 2 aromatic carbocycles. The molecule has 1 heterocycles. The normalized spacial score (nSPS) is 17.4. The summed E-state index contributed by atoms with van der Waals surface area (Å²) in [6, 6.07) is 19.4. The van der Waals surface area contributed by atoms with E-state index in [-0.39, 0.29) is 18.0 Å². The SMILES string of the molecule is C=CCNC(=O)/C(C#N)=C1\SC(Cc2ccccc2)C(=O)N1c1ccc(CC)cc1. The largest absolute Gasteiger partial charge is 0.348 e. The Morgan fingerprint density at radius 1 is 1.20 bits per heavy atom. The fourth-order valence-corrected chi connectivity index (χ4v) is 4.49. The summed E-state index contributed by atoms with van der Waals surface area (Å²) in [5.74, 6) is -0.643. The molecule has 0 aromatic heterocycles. The summed E-state index contributed by atoms with van der Waals surface area (Å²) in [6.07, 6.45) is 2.95. The Kier molecular flexibility index (Phi) is 7.10. The van der Waals surface area contributed by atoms with Crippen LogP contribution in [0, 0.1) is 11.3 Å². The lowest BCUT2D eigenvalue weighted by Gasteiger charge is -2.19. The molecule has 2 amide bonds. The zero-order chi connectivity index (χ0) is 21.5. The lowest BCUT2D eigenvalue weighted by molar-refractivity contribution is -0.117. The van der Waals surface area contributed by atoms with Gasteiger partial charge in [-0.15, -0.1) is 6.58 Å². The van der Waals surface area contributed by atoms with Crippen LogP contribution >= 0.6 is 11.8 Å². The third-order valence-electron chi connectivity index (χ3n) is 4.78. The van der Waals surface area contributed by atoms with Crippen LogP contribution in [0.1, 0.15) is 18.1 Å². The summed E-state index contributed by atoms with van der Waals surface area (Å²) in [7, 11) is 0. The predicted molar refractivity (Wildman–Crippen MR) is 121 cm³/mol. The maximum absolute atomic E-state index is 13.3. The Morgan fingerprint density at radius 3 is 2.50 bits per heavy atom. The van der Waals surface area contributed by atoms with Crippen molar-refractivity contribution in [3.63, 3.8) is 0 Å². The second-order valence-corrected chi connectivity index (χ2v) is 7.97. The summed E-state index contributed by atoms with van der Waals surface area (Å²) in [6.45, 7) is 5.89. The van der Waals surface area contributed by atoms with E-state index in [0.29, 0.717) is 17.1 Å². The minimum Gasteiger partial charge on any atom is -0.348 e. The lowest BCUT2D eigenvalue weighted by Crippen LogP contribution is -2.32. The number of hydrogen-bond acceptors (Lipinski definition) is 4. The van der Waals surface area contributed by atoms with E-state index in [1.165, 1.54) is 16.7 Å². The molecule has 1 aliphatic heterocycles. The first-order chi connectivity index (χ1) is 14.6. The second-order valence-electron chi connectivity index (χ2n) is 6.78. The van der Waals surface area contributed by atoms with Gasteiger partial charge in [-0.2, -0.15) is 5.26 Å². The first kappa shape index (κ1) is 21.4. The van der Waals surface area contributed by atoms with Gasteiger partial charge in [-0.05, 0) is 36.1 Å². The van der Waals surface area contributed by atoms with E-state index in [1.54, 1.807) is 6.08 Å². The van der Waals surface area contributed by atoms with Gasteiger partial charge in [0.05, 0.1) is 5.25 Å². The van der Waals surface area contributed by atoms with Crippen molar-refractivity contribution in [3.05, 3.63) is 89.0 Å². The van der Waals surface area contributed by atoms with Crippen molar-refractivity contribution >= 4 is 29.3 Å². The highest BCUT2D eigenvalue weighted by atomic mass is 32.2. The van der Waals surface area contributed by atoms with E-state index in [9.17, 15) is 14.9 Å². The van der Waals surface area contributed by atoms with Crippen molar-refractivity contribution in [3.8, 4) is 6.07 Å². The number of benzene rings is 2. The molecule has 0 aliphatic carbocycles. The van der Waals surface area contributed by atoms with Crippen molar-refractivity contribution < 1.29 is 9.59 Å². The van der Waals surface area contributed by atoms with Crippen LogP contribution in [0.15, 0.2) is 77.9 Å². The average Bonchev–Trinajstić information content (AvgIpc) is 3.09. The van der Waals surface area contributed by atoms with Gasteiger partial charge >= 0.3 is 0 Å². The molecule has 1 atom stereocenters. The van der Waals surface area contributed by atoms with Crippen molar-refractivity contribution in [2.24, 2.45) is 0 Å². The van der Waals surface area contributed by atoms with Crippen molar-refractivity contribution in [1.82, 2.24) is 5.32 Å². The van der Waals surface area contributed by atoms with E-state index in [4.69, 9.17) is 0 Å². The number of hydrogen-bond donors (Lipinski definition) is 1. The lowest BCUT2D eigenvalue weighted by atomic mass is 10.1. The number of amides is 2. The molecule has 0 bridgehead atoms. The van der Waals surface area contributed by atoms with Gasteiger partial charge in [0.25, 0.3) is 5.91 Å². The van der Waals surface area contributed by atoms with E-state index >= 15 is 0 Å². The van der Waals surface area contributed by atoms with Gasteiger partial charge in [0.2, 0.25) is 5.91 Å². The number of nitriles is 1. The quantitative estimate of drug-likeness (QED) is 0.420. The van der Waals surface area contributed by atoms with Gasteiger partial charge in [-0.25, -0.2) is 0 Å². The van der Waals surface area contributed by atoms with Gasteiger partial charge in [0.1, 0.15) is 16.7 Å². The van der Waals surface area contributed by atoms with Gasteiger partial charge < -0.3 is 5.32 Å². The molecule has 2 aromatic rings. The van der Waals surface area contributed by atoms with E-state index in [0.717, 1.165) is 17.5 Å². The minimum absolute atomic E-state index is 0.0645. The number of nitrogens with one attached hydrogen (secondary N) is 1. The van der Waals surface area contributed by atoms with E-state index in [2.05, 4.69) is 18.8 Å². The zero-order valence-electron chi connectivity index (χ0n) is 16.8. The molecule has 1 N–H and O–H groups in total. The summed E-state index contributed by atoms with van der Waals surface area (Å²) >= 11 is 1.27. The number of carbonyl (C=O) groups excluding carboxylic acids is 2. The average molecular weight is 418 g/mol. The Balaban J connectivity index is 2.02. The van der Waals surface area contributed by atoms with Crippen molar-refractivity contribution in [1.29, 1.82) is 5.26 Å². The van der Waals surface area contributed by atoms with Crippen LogP contribution in [-0.2, 0) is 22.4 Å². The van der Waals surface area contributed by atoms with Crippen LogP contribution in [0.25, 0.3) is 0 Å². The molecular weight excluding hydrogens is 394 g/mol. The standard InChI is InChI=1S/C24H23N3O2S/c1-3-14-26-22(28)20(16-25)24-27(19-12-10-17(4-2)11-13-19)23(29)21(30-24)15-18-8-6-5-7-9-18/h3,5-13,21H,1,4,14-15H2,2H3,(H,26,28)/b24-20-. The maximum atomic E-state index is 13.3. The molecule has 0 spiro atoms. The fraction of sp³-hybridized carbons (Fsp3) is 0.208. The van der Waals surface area contributed by atoms with E-state index in [1.807, 2.05) is 60.7 Å². The smallest absolute Gasteiger partial charge is 0.264 e. The molecule has 1 aliphatic rings. The molecule has 1 fully saturated rings. The summed E-state index contributed by atoms with van der Waals surface area (Å²) in [5.41, 5.74) is 2.76. The predicted octanol–water partition coefficient (Wildman–Crippen LogP) is 3.98. The Hall–Kier alpha value is -3.30. The number of thioether (sulfide) groups is 1. The highest BCUT2D eigenvalue weighted by Crippen LogP contribution is 2.41. The maximum Gasteiger partial charge on any atom is 0.264 e. The Morgan fingerprint density at radius 2 is 1.90 bits per heavy atom. The highest BCUT2D eigenvalue weighted by Gasteiger charge is 2.40. The first-order valence-electron chi connectivity index (χ1n) is 9.76. The van der Waals surface area contributed by atoms with Crippen LogP contribution in [0.5, 0.6) is 0 Å². The molecule has 0 saturated carbocycles. The Labute approximate surface area is 181 Å². The molecule has 152 valence electrons. The second kappa shape index (κ2) is 9.95. The molecule has 3 rings (SSSR count). The molecule has 30 heavy (non-hydrogen) atoms. The molecule has 5 nitrogen and oxygen atoms in total. The molecular formula is C24H23N3O2S. The van der Waals surface area contributed by atoms with Gasteiger partial charge in [0, 0.05) is 12.2 Å². The monoisotopic (exact) mass is 417 g/mol. The molecule has 1 saturated heterocycles. The number of carbonyl (C=O) groups is 2. The van der Waals surface area contributed by atoms with E-state index < -0.39 is 11.2 Å². The first-order valence-corrected chi connectivity index (χ1v) is 10.6. The van der Waals surface area contributed by atoms with Crippen LogP contribution in [0.3, 0.4) is 0 Å². The highest BCUT2D eigenvalue weighted by molar-refractivity contribution is 8.05. The van der Waals surface area contributed by atoms with Crippen molar-refractivity contribution in [2.45, 2.75) is 25.0 Å². The zero-order valence-corrected chi connectivity index (χ0v) is 17.6. The third-order valence-corrected chi connectivity index (χ3v) is 6.04. The van der Waals surface area contributed by atoms with Crippen LogP contribution < -0.4 is 10.2 Å². The summed E-state index contributed by atoms with van der Waals surface area (Å²) in [4.78, 5) is 27.4. The molecule has 0 radical (unpaired) electrons. The van der Waals surface area contributed by atoms with Gasteiger partial charge in [-0.3, -0.25) is 14.5 Å². The third kappa shape index (κ3) is 4.64. The summed E-state index contributed by atoms with van der Waals surface area (Å²) < 4.78 is 0. The number of nitrogens with zero attached hydrogens (tertiary/aromatic N) is 2. The van der Waals surface area contributed by atoms with Gasteiger partial charge in [0.15, 0.2) is 0 Å².